The van der Waals surface area contributed by atoms with Gasteiger partial charge >= 0.3 is 0 Å². The van der Waals surface area contributed by atoms with Crippen LogP contribution in [0.4, 0.5) is 0 Å². The van der Waals surface area contributed by atoms with Crippen molar-refractivity contribution in [3.63, 3.8) is 0 Å². The Kier molecular flexibility index (Phi) is 2.15. The molecule has 1 aliphatic rings. The number of hydrogen-bond acceptors (Lipinski definition) is 2. The first-order valence-electron chi connectivity index (χ1n) is 4.12. The van der Waals surface area contributed by atoms with Gasteiger partial charge in [0.2, 0.25) is 0 Å². The molecule has 3 heteroatoms. The van der Waals surface area contributed by atoms with E-state index in [9.17, 15) is 0 Å². The van der Waals surface area contributed by atoms with Gasteiger partial charge in [-0.1, -0.05) is 11.6 Å². The first kappa shape index (κ1) is 8.45. The molecule has 0 radical (unpaired) electrons. The van der Waals surface area contributed by atoms with Crippen LogP contribution in [0.3, 0.4) is 0 Å². The summed E-state index contributed by atoms with van der Waals surface area (Å²) in [5.74, 6) is 0.885. The first-order chi connectivity index (χ1) is 6.31. The standard InChI is InChI=1S/C10H10ClNO/c1-12-9-4-5-13-10-3-2-7(11)6-8(9)10/h2-4,6,12H,5H2,1H3. The van der Waals surface area contributed by atoms with E-state index in [1.165, 1.54) is 0 Å². The number of halogens is 1. The van der Waals surface area contributed by atoms with Gasteiger partial charge in [0.25, 0.3) is 0 Å². The monoisotopic (exact) mass is 195 g/mol. The fourth-order valence-corrected chi connectivity index (χ4v) is 1.57. The molecule has 0 saturated heterocycles. The van der Waals surface area contributed by atoms with Gasteiger partial charge in [-0.15, -0.1) is 0 Å². The van der Waals surface area contributed by atoms with Crippen molar-refractivity contribution in [3.8, 4) is 5.75 Å². The summed E-state index contributed by atoms with van der Waals surface area (Å²) in [5, 5.41) is 3.84. The molecule has 0 aromatic heterocycles. The van der Waals surface area contributed by atoms with E-state index < -0.39 is 0 Å². The Labute approximate surface area is 82.2 Å². The lowest BCUT2D eigenvalue weighted by Crippen LogP contribution is -2.12. The zero-order chi connectivity index (χ0) is 9.26. The number of rotatable bonds is 1. The highest BCUT2D eigenvalue weighted by molar-refractivity contribution is 6.30. The van der Waals surface area contributed by atoms with Crippen LogP contribution in [0.15, 0.2) is 24.3 Å². The highest BCUT2D eigenvalue weighted by Gasteiger charge is 2.12. The van der Waals surface area contributed by atoms with Gasteiger partial charge in [-0.2, -0.15) is 0 Å². The van der Waals surface area contributed by atoms with Crippen LogP contribution < -0.4 is 10.1 Å². The molecule has 1 aliphatic heterocycles. The third-order valence-electron chi connectivity index (χ3n) is 2.03. The number of nitrogens with one attached hydrogen (secondary N) is 1. The van der Waals surface area contributed by atoms with Gasteiger partial charge in [0.05, 0.1) is 0 Å². The van der Waals surface area contributed by atoms with E-state index in [2.05, 4.69) is 5.32 Å². The van der Waals surface area contributed by atoms with Crippen LogP contribution in [-0.2, 0) is 0 Å². The second kappa shape index (κ2) is 3.30. The lowest BCUT2D eigenvalue weighted by atomic mass is 10.1. The molecule has 0 saturated carbocycles. The van der Waals surface area contributed by atoms with Gasteiger partial charge in [-0.3, -0.25) is 0 Å². The van der Waals surface area contributed by atoms with Crippen molar-refractivity contribution in [1.82, 2.24) is 5.32 Å². The Balaban J connectivity index is 2.51. The third kappa shape index (κ3) is 1.49. The van der Waals surface area contributed by atoms with E-state index in [-0.39, 0.29) is 0 Å². The van der Waals surface area contributed by atoms with Crippen LogP contribution in [0.2, 0.25) is 5.02 Å². The number of fused-ring (bicyclic) bond motifs is 1. The smallest absolute Gasteiger partial charge is 0.129 e. The second-order valence-corrected chi connectivity index (χ2v) is 3.26. The normalized spacial score (nSPS) is 14.2. The Morgan fingerprint density at radius 1 is 1.46 bits per heavy atom. The van der Waals surface area contributed by atoms with Crippen molar-refractivity contribution in [2.75, 3.05) is 13.7 Å². The van der Waals surface area contributed by atoms with E-state index in [0.717, 1.165) is 22.0 Å². The molecule has 0 fully saturated rings. The van der Waals surface area contributed by atoms with Crippen LogP contribution in [0.25, 0.3) is 5.70 Å². The van der Waals surface area contributed by atoms with E-state index >= 15 is 0 Å². The van der Waals surface area contributed by atoms with E-state index in [1.54, 1.807) is 0 Å². The van der Waals surface area contributed by atoms with Crippen molar-refractivity contribution in [2.45, 2.75) is 0 Å². The molecule has 0 atom stereocenters. The Morgan fingerprint density at radius 2 is 2.31 bits per heavy atom. The maximum atomic E-state index is 5.89. The summed E-state index contributed by atoms with van der Waals surface area (Å²) in [6.07, 6.45) is 2.00. The molecule has 0 aliphatic carbocycles. The van der Waals surface area contributed by atoms with E-state index in [1.807, 2.05) is 31.3 Å². The van der Waals surface area contributed by atoms with Gasteiger partial charge < -0.3 is 10.1 Å². The zero-order valence-electron chi connectivity index (χ0n) is 7.30. The average Bonchev–Trinajstić information content (AvgIpc) is 2.17. The molecule has 0 spiro atoms. The Hall–Kier alpha value is -1.15. The highest BCUT2D eigenvalue weighted by atomic mass is 35.5. The summed E-state index contributed by atoms with van der Waals surface area (Å²) in [6, 6.07) is 5.62. The Morgan fingerprint density at radius 3 is 3.08 bits per heavy atom. The molecule has 2 rings (SSSR count). The summed E-state index contributed by atoms with van der Waals surface area (Å²) >= 11 is 5.89. The lowest BCUT2D eigenvalue weighted by molar-refractivity contribution is 0.356. The molecule has 13 heavy (non-hydrogen) atoms. The largest absolute Gasteiger partial charge is 0.489 e. The topological polar surface area (TPSA) is 21.3 Å². The lowest BCUT2D eigenvalue weighted by Gasteiger charge is -2.18. The molecular formula is C10H10ClNO. The molecule has 1 aromatic rings. The first-order valence-corrected chi connectivity index (χ1v) is 4.49. The number of hydrogen-bond donors (Lipinski definition) is 1. The van der Waals surface area contributed by atoms with E-state index in [4.69, 9.17) is 16.3 Å². The number of benzene rings is 1. The molecule has 1 N–H and O–H groups in total. The summed E-state index contributed by atoms with van der Waals surface area (Å²) in [4.78, 5) is 0. The summed E-state index contributed by atoms with van der Waals surface area (Å²) in [7, 11) is 1.89. The molecule has 0 bridgehead atoms. The van der Waals surface area contributed by atoms with Crippen LogP contribution in [0, 0.1) is 0 Å². The second-order valence-electron chi connectivity index (χ2n) is 2.82. The van der Waals surface area contributed by atoms with Crippen LogP contribution >= 0.6 is 11.6 Å². The molecule has 1 aromatic carbocycles. The predicted octanol–water partition coefficient (Wildman–Crippen LogP) is 2.29. The number of ether oxygens (including phenoxy) is 1. The minimum Gasteiger partial charge on any atom is -0.489 e. The van der Waals surface area contributed by atoms with Gasteiger partial charge in [0, 0.05) is 23.3 Å². The zero-order valence-corrected chi connectivity index (χ0v) is 8.06. The van der Waals surface area contributed by atoms with Crippen LogP contribution in [0.5, 0.6) is 5.75 Å². The molecule has 2 nitrogen and oxygen atoms in total. The fourth-order valence-electron chi connectivity index (χ4n) is 1.40. The third-order valence-corrected chi connectivity index (χ3v) is 2.26. The predicted molar refractivity (Wildman–Crippen MR) is 54.0 cm³/mol. The summed E-state index contributed by atoms with van der Waals surface area (Å²) < 4.78 is 5.44. The molecule has 1 heterocycles. The maximum Gasteiger partial charge on any atom is 0.129 e. The molecule has 68 valence electrons. The Bertz CT molecular complexity index is 360. The van der Waals surface area contributed by atoms with Crippen molar-refractivity contribution < 1.29 is 4.74 Å². The average molecular weight is 196 g/mol. The minimum absolute atomic E-state index is 0.616. The van der Waals surface area contributed by atoms with Crippen molar-refractivity contribution in [3.05, 3.63) is 34.9 Å². The van der Waals surface area contributed by atoms with Crippen molar-refractivity contribution in [2.24, 2.45) is 0 Å². The molecule has 0 amide bonds. The summed E-state index contributed by atoms with van der Waals surface area (Å²) in [5.41, 5.74) is 2.10. The van der Waals surface area contributed by atoms with Gasteiger partial charge in [0.15, 0.2) is 0 Å². The maximum absolute atomic E-state index is 5.89. The van der Waals surface area contributed by atoms with Gasteiger partial charge in [-0.25, -0.2) is 0 Å². The molecule has 0 unspecified atom stereocenters. The molecular weight excluding hydrogens is 186 g/mol. The van der Waals surface area contributed by atoms with Gasteiger partial charge in [-0.05, 0) is 24.3 Å². The van der Waals surface area contributed by atoms with Crippen LogP contribution in [-0.4, -0.2) is 13.7 Å². The van der Waals surface area contributed by atoms with Gasteiger partial charge in [0.1, 0.15) is 12.4 Å². The fraction of sp³-hybridized carbons (Fsp3) is 0.200. The van der Waals surface area contributed by atoms with Crippen LogP contribution in [0.1, 0.15) is 5.56 Å². The van der Waals surface area contributed by atoms with Crippen molar-refractivity contribution in [1.29, 1.82) is 0 Å². The van der Waals surface area contributed by atoms with Crippen molar-refractivity contribution >= 4 is 17.3 Å². The minimum atomic E-state index is 0.616. The van der Waals surface area contributed by atoms with E-state index in [0.29, 0.717) is 6.61 Å². The summed E-state index contributed by atoms with van der Waals surface area (Å²) in [6.45, 7) is 0.616. The SMILES string of the molecule is CNC1=CCOc2ccc(Cl)cc21. The highest BCUT2D eigenvalue weighted by Crippen LogP contribution is 2.30. The quantitative estimate of drug-likeness (QED) is 0.743.